The normalized spacial score (nSPS) is 14.5. The van der Waals surface area contributed by atoms with E-state index >= 15 is 0 Å². The first-order valence-corrected chi connectivity index (χ1v) is 12.0. The molecule has 38 heavy (non-hydrogen) atoms. The van der Waals surface area contributed by atoms with Gasteiger partial charge in [-0.15, -0.1) is 6.58 Å². The van der Waals surface area contributed by atoms with E-state index in [1.807, 2.05) is 0 Å². The van der Waals surface area contributed by atoms with E-state index in [1.54, 1.807) is 49.4 Å². The number of amides is 4. The van der Waals surface area contributed by atoms with E-state index in [0.717, 1.165) is 16.0 Å². The Balaban J connectivity index is 1.70. The lowest BCUT2D eigenvalue weighted by Crippen LogP contribution is -2.54. The number of carbonyl (C=O) groups excluding carboxylic acids is 3. The Hall–Kier alpha value is -4.43. The first kappa shape index (κ1) is 26.6. The van der Waals surface area contributed by atoms with Crippen molar-refractivity contribution in [3.63, 3.8) is 0 Å². The predicted molar refractivity (Wildman–Crippen MR) is 143 cm³/mol. The van der Waals surface area contributed by atoms with Crippen LogP contribution in [0.25, 0.3) is 6.08 Å². The third-order valence-corrected chi connectivity index (χ3v) is 6.27. The number of hydrogen-bond donors (Lipinski definition) is 1. The lowest BCUT2D eigenvalue weighted by Gasteiger charge is -2.26. The number of urea groups is 1. The fraction of sp³-hybridized carbons (Fsp3) is 0.138. The number of carbonyl (C=O) groups is 3. The second-order valence-corrected chi connectivity index (χ2v) is 8.92. The van der Waals surface area contributed by atoms with Crippen LogP contribution in [0.3, 0.4) is 0 Å². The fourth-order valence-corrected chi connectivity index (χ4v) is 4.08. The number of barbiturate groups is 1. The summed E-state index contributed by atoms with van der Waals surface area (Å²) >= 11 is 6.19. The number of aryl methyl sites for hydroxylation is 1. The monoisotopic (exact) mass is 534 g/mol. The van der Waals surface area contributed by atoms with Gasteiger partial charge in [0.05, 0.1) is 12.8 Å². The van der Waals surface area contributed by atoms with Gasteiger partial charge in [0.25, 0.3) is 11.8 Å². The van der Waals surface area contributed by atoms with Crippen LogP contribution in [-0.4, -0.2) is 25.0 Å². The summed E-state index contributed by atoms with van der Waals surface area (Å²) in [5.41, 5.74) is 2.69. The summed E-state index contributed by atoms with van der Waals surface area (Å²) < 4.78 is 24.8. The van der Waals surface area contributed by atoms with Crippen molar-refractivity contribution in [2.45, 2.75) is 20.0 Å². The molecule has 1 saturated heterocycles. The van der Waals surface area contributed by atoms with Gasteiger partial charge in [-0.2, -0.15) is 0 Å². The number of imide groups is 2. The van der Waals surface area contributed by atoms with Crippen LogP contribution in [0.1, 0.15) is 22.3 Å². The summed E-state index contributed by atoms with van der Waals surface area (Å²) in [7, 11) is 1.47. The quantitative estimate of drug-likeness (QED) is 0.225. The number of nitrogens with one attached hydrogen (secondary N) is 1. The first-order valence-electron chi connectivity index (χ1n) is 11.6. The van der Waals surface area contributed by atoms with Crippen LogP contribution in [0.5, 0.6) is 11.5 Å². The van der Waals surface area contributed by atoms with Crippen LogP contribution < -0.4 is 19.7 Å². The molecule has 1 aliphatic heterocycles. The van der Waals surface area contributed by atoms with Crippen molar-refractivity contribution >= 4 is 41.2 Å². The topological polar surface area (TPSA) is 84.9 Å². The minimum absolute atomic E-state index is 0.165. The maximum absolute atomic E-state index is 13.3. The van der Waals surface area contributed by atoms with Crippen molar-refractivity contribution < 1.29 is 28.2 Å². The second-order valence-electron chi connectivity index (χ2n) is 8.51. The number of methoxy groups -OCH3 is 1. The molecule has 4 amide bonds. The summed E-state index contributed by atoms with van der Waals surface area (Å²) in [5.74, 6) is -1.15. The number of allylic oxidation sites excluding steroid dienone is 1. The standard InChI is InChI=1S/C29H24ClFN2O5/c1-4-5-20-12-19(14-25(37-3)26(20)38-16-18-7-9-21(31)10-8-18)13-23-27(34)32-29(36)33(28(23)35)22-11-6-17(2)24(30)15-22/h4,6-15H,1,5,16H2,2-3H3,(H,32,34,36)/b23-13-. The van der Waals surface area contributed by atoms with Crippen molar-refractivity contribution in [1.82, 2.24) is 5.32 Å². The molecule has 0 unspecified atom stereocenters. The number of rotatable bonds is 8. The molecule has 1 fully saturated rings. The van der Waals surface area contributed by atoms with E-state index in [9.17, 15) is 18.8 Å². The summed E-state index contributed by atoms with van der Waals surface area (Å²) in [6, 6.07) is 13.2. The summed E-state index contributed by atoms with van der Waals surface area (Å²) in [6.45, 7) is 5.75. The van der Waals surface area contributed by atoms with Gasteiger partial charge >= 0.3 is 6.03 Å². The van der Waals surface area contributed by atoms with E-state index < -0.39 is 17.8 Å². The summed E-state index contributed by atoms with van der Waals surface area (Å²) in [4.78, 5) is 39.4. The van der Waals surface area contributed by atoms with Crippen molar-refractivity contribution in [1.29, 1.82) is 0 Å². The van der Waals surface area contributed by atoms with E-state index in [-0.39, 0.29) is 23.7 Å². The molecule has 0 aromatic heterocycles. The zero-order valence-electron chi connectivity index (χ0n) is 20.7. The highest BCUT2D eigenvalue weighted by Gasteiger charge is 2.37. The van der Waals surface area contributed by atoms with Crippen molar-refractivity contribution in [2.75, 3.05) is 12.0 Å². The molecule has 194 valence electrons. The molecule has 7 nitrogen and oxygen atoms in total. The highest BCUT2D eigenvalue weighted by molar-refractivity contribution is 6.39. The molecule has 1 N–H and O–H groups in total. The molecule has 0 radical (unpaired) electrons. The van der Waals surface area contributed by atoms with Crippen LogP contribution >= 0.6 is 11.6 Å². The van der Waals surface area contributed by atoms with Crippen molar-refractivity contribution in [2.24, 2.45) is 0 Å². The molecule has 0 spiro atoms. The Bertz CT molecular complexity index is 1470. The van der Waals surface area contributed by atoms with Crippen LogP contribution in [0, 0.1) is 12.7 Å². The third-order valence-electron chi connectivity index (χ3n) is 5.86. The number of anilines is 1. The second kappa shape index (κ2) is 11.3. The van der Waals surface area contributed by atoms with Gasteiger partial charge in [-0.05, 0) is 72.5 Å². The number of nitrogens with zero attached hydrogens (tertiary/aromatic N) is 1. The summed E-state index contributed by atoms with van der Waals surface area (Å²) in [5, 5.41) is 2.58. The van der Waals surface area contributed by atoms with Gasteiger partial charge in [-0.25, -0.2) is 14.1 Å². The smallest absolute Gasteiger partial charge is 0.335 e. The first-order chi connectivity index (χ1) is 18.2. The molecule has 0 aliphatic carbocycles. The largest absolute Gasteiger partial charge is 0.493 e. The number of hydrogen-bond acceptors (Lipinski definition) is 5. The lowest BCUT2D eigenvalue weighted by molar-refractivity contribution is -0.122. The minimum atomic E-state index is -0.869. The van der Waals surface area contributed by atoms with Gasteiger partial charge < -0.3 is 9.47 Å². The Morgan fingerprint density at radius 3 is 2.47 bits per heavy atom. The molecule has 1 aliphatic rings. The fourth-order valence-electron chi connectivity index (χ4n) is 3.91. The van der Waals surface area contributed by atoms with Crippen LogP contribution in [0.2, 0.25) is 5.02 Å². The number of benzene rings is 3. The van der Waals surface area contributed by atoms with Gasteiger partial charge in [-0.1, -0.05) is 35.9 Å². The Morgan fingerprint density at radius 2 is 1.82 bits per heavy atom. The molecule has 3 aromatic carbocycles. The predicted octanol–water partition coefficient (Wildman–Crippen LogP) is 5.77. The Labute approximate surface area is 224 Å². The average Bonchev–Trinajstić information content (AvgIpc) is 2.88. The maximum Gasteiger partial charge on any atom is 0.335 e. The molecular weight excluding hydrogens is 511 g/mol. The number of ether oxygens (including phenoxy) is 2. The maximum atomic E-state index is 13.3. The van der Waals surface area contributed by atoms with E-state index in [4.69, 9.17) is 21.1 Å². The van der Waals surface area contributed by atoms with Gasteiger partial charge in [0.15, 0.2) is 11.5 Å². The highest BCUT2D eigenvalue weighted by Crippen LogP contribution is 2.35. The molecule has 4 rings (SSSR count). The van der Waals surface area contributed by atoms with Crippen molar-refractivity contribution in [3.05, 3.63) is 106 Å². The van der Waals surface area contributed by atoms with Crippen LogP contribution in [-0.2, 0) is 22.6 Å². The van der Waals surface area contributed by atoms with Crippen LogP contribution in [0.4, 0.5) is 14.9 Å². The third kappa shape index (κ3) is 5.60. The van der Waals surface area contributed by atoms with Crippen molar-refractivity contribution in [3.8, 4) is 11.5 Å². The van der Waals surface area contributed by atoms with Crippen LogP contribution in [0.15, 0.2) is 72.8 Å². The highest BCUT2D eigenvalue weighted by atomic mass is 35.5. The molecular formula is C29H24ClFN2O5. The lowest BCUT2D eigenvalue weighted by atomic mass is 10.0. The van der Waals surface area contributed by atoms with E-state index in [1.165, 1.54) is 31.4 Å². The number of halogens is 2. The summed E-state index contributed by atoms with van der Waals surface area (Å²) in [6.07, 6.45) is 3.46. The van der Waals surface area contributed by atoms with E-state index in [0.29, 0.717) is 34.1 Å². The van der Waals surface area contributed by atoms with Gasteiger partial charge in [0.1, 0.15) is 18.0 Å². The Morgan fingerprint density at radius 1 is 1.08 bits per heavy atom. The van der Waals surface area contributed by atoms with Gasteiger partial charge in [-0.3, -0.25) is 14.9 Å². The van der Waals surface area contributed by atoms with Gasteiger partial charge in [0, 0.05) is 10.6 Å². The average molecular weight is 535 g/mol. The minimum Gasteiger partial charge on any atom is -0.493 e. The SMILES string of the molecule is C=CCc1cc(/C=C2/C(=O)NC(=O)N(c3ccc(C)c(Cl)c3)C2=O)cc(OC)c1OCc1ccc(F)cc1. The Kier molecular flexibility index (Phi) is 7.93. The molecule has 0 atom stereocenters. The zero-order chi connectivity index (χ0) is 27.4. The molecule has 0 bridgehead atoms. The molecule has 3 aromatic rings. The molecule has 0 saturated carbocycles. The molecule has 1 heterocycles. The van der Waals surface area contributed by atoms with Gasteiger partial charge in [0.2, 0.25) is 0 Å². The van der Waals surface area contributed by atoms with E-state index in [2.05, 4.69) is 11.9 Å². The molecule has 9 heteroatoms. The zero-order valence-corrected chi connectivity index (χ0v) is 21.5.